The number of rotatable bonds is 11. The number of para-hydroxylation sites is 1. The van der Waals surface area contributed by atoms with Crippen LogP contribution in [0.5, 0.6) is 0 Å². The van der Waals surface area contributed by atoms with Crippen LogP contribution in [-0.4, -0.2) is 43.8 Å². The Morgan fingerprint density at radius 2 is 1.51 bits per heavy atom. The Labute approximate surface area is 238 Å². The van der Waals surface area contributed by atoms with Crippen LogP contribution in [0, 0.1) is 5.82 Å². The lowest BCUT2D eigenvalue weighted by Gasteiger charge is -2.34. The molecule has 2 amide bonds. The van der Waals surface area contributed by atoms with Crippen LogP contribution < -0.4 is 9.62 Å². The van der Waals surface area contributed by atoms with Crippen LogP contribution in [0.3, 0.4) is 0 Å². The summed E-state index contributed by atoms with van der Waals surface area (Å²) in [5, 5.41) is 3.43. The Kier molecular flexibility index (Phi) is 10.4. The Bertz CT molecular complexity index is 1380. The van der Waals surface area contributed by atoms with Gasteiger partial charge in [0.15, 0.2) is 0 Å². The maximum atomic E-state index is 14.0. The van der Waals surface area contributed by atoms with E-state index in [0.717, 1.165) is 28.6 Å². The molecule has 1 atom stereocenters. The number of nitrogens with one attached hydrogen (secondary N) is 1. The van der Waals surface area contributed by atoms with Crippen molar-refractivity contribution in [3.8, 4) is 0 Å². The molecule has 208 valence electrons. The average molecular weight is 595 g/mol. The van der Waals surface area contributed by atoms with Gasteiger partial charge in [-0.1, -0.05) is 54.4 Å². The van der Waals surface area contributed by atoms with Gasteiger partial charge in [0.2, 0.25) is 11.8 Å². The summed E-state index contributed by atoms with van der Waals surface area (Å²) in [5.74, 6) is -1.64. The zero-order valence-electron chi connectivity index (χ0n) is 21.8. The highest BCUT2D eigenvalue weighted by molar-refractivity contribution is 7.92. The van der Waals surface area contributed by atoms with Gasteiger partial charge >= 0.3 is 0 Å². The zero-order valence-corrected chi connectivity index (χ0v) is 24.1. The molecule has 7 nitrogen and oxygen atoms in total. The monoisotopic (exact) mass is 593 g/mol. The topological polar surface area (TPSA) is 86.8 Å². The summed E-state index contributed by atoms with van der Waals surface area (Å²) in [6.45, 7) is 4.60. The summed E-state index contributed by atoms with van der Waals surface area (Å²) >= 11 is 12.8. The van der Waals surface area contributed by atoms with Crippen molar-refractivity contribution >= 4 is 50.7 Å². The van der Waals surface area contributed by atoms with E-state index < -0.39 is 40.2 Å². The van der Waals surface area contributed by atoms with Crippen molar-refractivity contribution in [3.05, 3.63) is 94.2 Å². The van der Waals surface area contributed by atoms with E-state index in [9.17, 15) is 22.4 Å². The van der Waals surface area contributed by atoms with Crippen LogP contribution in [-0.2, 0) is 26.2 Å². The van der Waals surface area contributed by atoms with Crippen molar-refractivity contribution in [1.82, 2.24) is 10.2 Å². The third-order valence-electron chi connectivity index (χ3n) is 5.93. The van der Waals surface area contributed by atoms with Gasteiger partial charge in [0, 0.05) is 28.2 Å². The molecule has 0 bridgehead atoms. The summed E-state index contributed by atoms with van der Waals surface area (Å²) < 4.78 is 41.9. The number of hydrogen-bond acceptors (Lipinski definition) is 4. The average Bonchev–Trinajstić information content (AvgIpc) is 2.89. The highest BCUT2D eigenvalue weighted by Gasteiger charge is 2.34. The first-order valence-corrected chi connectivity index (χ1v) is 14.5. The van der Waals surface area contributed by atoms with Gasteiger partial charge in [-0.25, -0.2) is 12.8 Å². The fourth-order valence-electron chi connectivity index (χ4n) is 4.01. The minimum atomic E-state index is -4.29. The number of carbonyl (C=O) groups is 2. The Balaban J connectivity index is 2.08. The van der Waals surface area contributed by atoms with E-state index in [1.54, 1.807) is 69.3 Å². The van der Waals surface area contributed by atoms with Crippen molar-refractivity contribution in [2.45, 2.75) is 50.7 Å². The molecule has 3 rings (SSSR count). The van der Waals surface area contributed by atoms with E-state index in [4.69, 9.17) is 23.2 Å². The van der Waals surface area contributed by atoms with Crippen molar-refractivity contribution in [2.24, 2.45) is 0 Å². The third-order valence-corrected chi connectivity index (χ3v) is 8.43. The molecule has 0 aliphatic carbocycles. The van der Waals surface area contributed by atoms with E-state index in [-0.39, 0.29) is 29.6 Å². The molecule has 0 spiro atoms. The van der Waals surface area contributed by atoms with Crippen molar-refractivity contribution in [1.29, 1.82) is 0 Å². The number of nitrogens with zero attached hydrogens (tertiary/aromatic N) is 2. The summed E-state index contributed by atoms with van der Waals surface area (Å²) in [7, 11) is -4.29. The minimum absolute atomic E-state index is 0.124. The summed E-state index contributed by atoms with van der Waals surface area (Å²) in [5.41, 5.74) is 0.656. The zero-order chi connectivity index (χ0) is 28.7. The first-order chi connectivity index (χ1) is 18.4. The van der Waals surface area contributed by atoms with E-state index in [1.807, 2.05) is 0 Å². The Hall–Kier alpha value is -3.14. The van der Waals surface area contributed by atoms with Gasteiger partial charge in [0.1, 0.15) is 18.4 Å². The van der Waals surface area contributed by atoms with Gasteiger partial charge in [-0.2, -0.15) is 0 Å². The molecule has 0 radical (unpaired) electrons. The molecule has 0 aliphatic heterocycles. The van der Waals surface area contributed by atoms with Crippen LogP contribution in [0.1, 0.15) is 32.8 Å². The largest absolute Gasteiger partial charge is 0.352 e. The van der Waals surface area contributed by atoms with Crippen LogP contribution in [0.4, 0.5) is 10.1 Å². The molecule has 0 heterocycles. The molecule has 39 heavy (non-hydrogen) atoms. The molecule has 11 heteroatoms. The quantitative estimate of drug-likeness (QED) is 0.311. The lowest BCUT2D eigenvalue weighted by Crippen LogP contribution is -2.53. The van der Waals surface area contributed by atoms with Gasteiger partial charge in [0.05, 0.1) is 10.6 Å². The molecule has 0 aliphatic rings. The number of carbonyl (C=O) groups excluding carboxylic acids is 2. The first kappa shape index (κ1) is 30.4. The highest BCUT2D eigenvalue weighted by Crippen LogP contribution is 2.28. The number of amides is 2. The molecule has 0 saturated carbocycles. The summed E-state index contributed by atoms with van der Waals surface area (Å²) in [6.07, 6.45) is 0.252. The van der Waals surface area contributed by atoms with Gasteiger partial charge in [-0.15, -0.1) is 0 Å². The molecule has 0 unspecified atom stereocenters. The minimum Gasteiger partial charge on any atom is -0.352 e. The molecule has 0 aromatic heterocycles. The summed E-state index contributed by atoms with van der Waals surface area (Å²) in [6, 6.07) is 16.2. The van der Waals surface area contributed by atoms with Gasteiger partial charge in [-0.3, -0.25) is 13.9 Å². The molecular weight excluding hydrogens is 564 g/mol. The molecule has 3 aromatic carbocycles. The number of halogens is 3. The van der Waals surface area contributed by atoms with Gasteiger partial charge in [0.25, 0.3) is 10.0 Å². The molecule has 1 N–H and O–H groups in total. The number of sulfonamides is 1. The maximum Gasteiger partial charge on any atom is 0.264 e. The van der Waals surface area contributed by atoms with Crippen molar-refractivity contribution in [3.63, 3.8) is 0 Å². The third kappa shape index (κ3) is 7.50. The van der Waals surface area contributed by atoms with Gasteiger partial charge < -0.3 is 10.2 Å². The number of anilines is 1. The second kappa shape index (κ2) is 13.3. The molecule has 3 aromatic rings. The van der Waals surface area contributed by atoms with Crippen LogP contribution >= 0.6 is 23.2 Å². The maximum absolute atomic E-state index is 14.0. The Morgan fingerprint density at radius 3 is 2.05 bits per heavy atom. The second-order valence-electron chi connectivity index (χ2n) is 9.11. The lowest BCUT2D eigenvalue weighted by atomic mass is 10.1. The van der Waals surface area contributed by atoms with Crippen molar-refractivity contribution in [2.75, 3.05) is 10.8 Å². The Morgan fingerprint density at radius 1 is 0.923 bits per heavy atom. The van der Waals surface area contributed by atoms with E-state index in [2.05, 4.69) is 5.32 Å². The molecular formula is C28H30Cl2FN3O4S. The fourth-order valence-corrected chi connectivity index (χ4v) is 5.94. The van der Waals surface area contributed by atoms with Gasteiger partial charge in [-0.05, 0) is 68.8 Å². The highest BCUT2D eigenvalue weighted by atomic mass is 35.5. The predicted octanol–water partition coefficient (Wildman–Crippen LogP) is 5.66. The SMILES string of the molecule is CC[C@@H](C(=O)NC(C)C)N(Cc1c(Cl)cccc1Cl)C(=O)CN(c1ccccc1)S(=O)(=O)c1ccc(F)cc1. The van der Waals surface area contributed by atoms with Crippen LogP contribution in [0.25, 0.3) is 0 Å². The number of hydrogen-bond donors (Lipinski definition) is 1. The lowest BCUT2D eigenvalue weighted by molar-refractivity contribution is -0.140. The van der Waals surface area contributed by atoms with Crippen LogP contribution in [0.2, 0.25) is 10.0 Å². The molecule has 0 fully saturated rings. The fraction of sp³-hybridized carbons (Fsp3) is 0.286. The van der Waals surface area contributed by atoms with Crippen molar-refractivity contribution < 1.29 is 22.4 Å². The standard InChI is InChI=1S/C28H30Cl2FN3O4S/c1-4-26(28(36)32-19(2)3)33(17-23-24(29)11-8-12-25(23)30)27(35)18-34(21-9-6-5-7-10-21)39(37,38)22-15-13-20(31)14-16-22/h5-16,19,26H,4,17-18H2,1-3H3,(H,32,36)/t26-/m0/s1. The predicted molar refractivity (Wildman–Crippen MR) is 152 cm³/mol. The number of benzene rings is 3. The first-order valence-electron chi connectivity index (χ1n) is 12.3. The summed E-state index contributed by atoms with van der Waals surface area (Å²) in [4.78, 5) is 28.2. The smallest absolute Gasteiger partial charge is 0.264 e. The molecule has 0 saturated heterocycles. The van der Waals surface area contributed by atoms with Crippen LogP contribution in [0.15, 0.2) is 77.7 Å². The van der Waals surface area contributed by atoms with E-state index in [1.165, 1.54) is 4.90 Å². The van der Waals surface area contributed by atoms with E-state index >= 15 is 0 Å². The van der Waals surface area contributed by atoms with E-state index in [0.29, 0.717) is 15.6 Å². The second-order valence-corrected chi connectivity index (χ2v) is 11.8. The normalized spacial score (nSPS) is 12.2.